The summed E-state index contributed by atoms with van der Waals surface area (Å²) in [6, 6.07) is 26.0. The van der Waals surface area contributed by atoms with Crippen LogP contribution < -0.4 is 5.32 Å². The molecule has 4 aromatic rings. The second-order valence-electron chi connectivity index (χ2n) is 9.94. The van der Waals surface area contributed by atoms with E-state index in [9.17, 15) is 0 Å². The molecule has 6 rings (SSSR count). The molecule has 182 valence electrons. The molecule has 1 aliphatic carbocycles. The zero-order valence-corrected chi connectivity index (χ0v) is 22.0. The molecule has 2 aliphatic rings. The van der Waals surface area contributed by atoms with Gasteiger partial charge in [-0.3, -0.25) is 0 Å². The zero-order valence-electron chi connectivity index (χ0n) is 20.5. The number of anilines is 2. The monoisotopic (exact) mass is 538 g/mol. The fourth-order valence-electron chi connectivity index (χ4n) is 5.57. The Kier molecular flexibility index (Phi) is 6.84. The van der Waals surface area contributed by atoms with Crippen molar-refractivity contribution in [2.45, 2.75) is 38.0 Å². The van der Waals surface area contributed by atoms with Gasteiger partial charge in [-0.1, -0.05) is 70.9 Å². The van der Waals surface area contributed by atoms with Crippen molar-refractivity contribution < 1.29 is 0 Å². The van der Waals surface area contributed by atoms with Gasteiger partial charge in [0.15, 0.2) is 0 Å². The molecule has 1 atom stereocenters. The van der Waals surface area contributed by atoms with Crippen LogP contribution in [-0.2, 0) is 12.8 Å². The number of aromatic nitrogens is 2. The van der Waals surface area contributed by atoms with Gasteiger partial charge in [0.25, 0.3) is 0 Å². The Hall–Kier alpha value is -3.02. The van der Waals surface area contributed by atoms with E-state index in [0.717, 1.165) is 35.2 Å². The van der Waals surface area contributed by atoms with Crippen LogP contribution in [0.2, 0.25) is 0 Å². The van der Waals surface area contributed by atoms with E-state index < -0.39 is 0 Å². The molecule has 36 heavy (non-hydrogen) atoms. The van der Waals surface area contributed by atoms with Crippen LogP contribution in [-0.4, -0.2) is 34.5 Å². The highest BCUT2D eigenvalue weighted by molar-refractivity contribution is 9.10. The maximum absolute atomic E-state index is 4.98. The smallest absolute Gasteiger partial charge is 0.227 e. The van der Waals surface area contributed by atoms with E-state index >= 15 is 0 Å². The van der Waals surface area contributed by atoms with E-state index in [1.165, 1.54) is 60.2 Å². The molecule has 4 nitrogen and oxygen atoms in total. The number of hydrogen-bond donors (Lipinski definition) is 1. The number of halogens is 1. The molecule has 0 radical (unpaired) electrons. The predicted octanol–water partition coefficient (Wildman–Crippen LogP) is 7.37. The predicted molar refractivity (Wildman–Crippen MR) is 151 cm³/mol. The summed E-state index contributed by atoms with van der Waals surface area (Å²) in [6.45, 7) is 3.66. The quantitative estimate of drug-likeness (QED) is 0.278. The Balaban J connectivity index is 1.19. The number of piperidine rings is 1. The fraction of sp³-hybridized carbons (Fsp3) is 0.290. The average molecular weight is 540 g/mol. The Morgan fingerprint density at radius 2 is 1.75 bits per heavy atom. The Morgan fingerprint density at radius 1 is 0.917 bits per heavy atom. The zero-order chi connectivity index (χ0) is 24.3. The van der Waals surface area contributed by atoms with Crippen LogP contribution in [0.25, 0.3) is 11.3 Å². The summed E-state index contributed by atoms with van der Waals surface area (Å²) in [6.07, 6.45) is 8.08. The molecular formula is C31H31BrN4. The first kappa shape index (κ1) is 23.4. The fourth-order valence-corrected chi connectivity index (χ4v) is 5.99. The summed E-state index contributed by atoms with van der Waals surface area (Å²) >= 11 is 3.64. The van der Waals surface area contributed by atoms with Crippen molar-refractivity contribution in [1.82, 2.24) is 14.9 Å². The van der Waals surface area contributed by atoms with Gasteiger partial charge in [-0.25, -0.2) is 9.97 Å². The van der Waals surface area contributed by atoms with Crippen molar-refractivity contribution in [3.63, 3.8) is 0 Å². The van der Waals surface area contributed by atoms with Gasteiger partial charge in [0.05, 0.1) is 5.69 Å². The highest BCUT2D eigenvalue weighted by Gasteiger charge is 2.27. The lowest BCUT2D eigenvalue weighted by Gasteiger charge is -2.27. The van der Waals surface area contributed by atoms with E-state index in [1.807, 2.05) is 6.20 Å². The molecule has 0 bridgehead atoms. The minimum atomic E-state index is 0.297. The average Bonchev–Trinajstić information content (AvgIpc) is 2.93. The number of likely N-dealkylation sites (tertiary alicyclic amines) is 1. The van der Waals surface area contributed by atoms with Crippen molar-refractivity contribution in [1.29, 1.82) is 0 Å². The third-order valence-corrected chi connectivity index (χ3v) is 8.00. The molecule has 1 aromatic heterocycles. The molecular weight excluding hydrogens is 508 g/mol. The maximum Gasteiger partial charge on any atom is 0.227 e. The lowest BCUT2D eigenvalue weighted by molar-refractivity contribution is 0.231. The summed E-state index contributed by atoms with van der Waals surface area (Å²) in [4.78, 5) is 12.3. The first-order chi connectivity index (χ1) is 17.7. The van der Waals surface area contributed by atoms with Crippen molar-refractivity contribution in [3.8, 4) is 11.3 Å². The van der Waals surface area contributed by atoms with Gasteiger partial charge in [0.2, 0.25) is 5.95 Å². The van der Waals surface area contributed by atoms with Gasteiger partial charge < -0.3 is 10.2 Å². The molecule has 1 N–H and O–H groups in total. The molecule has 1 saturated heterocycles. The van der Waals surface area contributed by atoms with E-state index in [2.05, 4.69) is 104 Å². The summed E-state index contributed by atoms with van der Waals surface area (Å²) in [5, 5.41) is 3.43. The molecule has 0 spiro atoms. The highest BCUT2D eigenvalue weighted by Crippen LogP contribution is 2.42. The van der Waals surface area contributed by atoms with Crippen LogP contribution in [0.1, 0.15) is 47.4 Å². The lowest BCUT2D eigenvalue weighted by atomic mass is 9.78. The first-order valence-electron chi connectivity index (χ1n) is 13.0. The van der Waals surface area contributed by atoms with Gasteiger partial charge in [-0.15, -0.1) is 0 Å². The third kappa shape index (κ3) is 5.09. The molecule has 1 fully saturated rings. The molecule has 0 unspecified atom stereocenters. The molecule has 3 aromatic carbocycles. The van der Waals surface area contributed by atoms with Crippen molar-refractivity contribution in [2.75, 3.05) is 25.0 Å². The SMILES string of the molecule is Brc1cccc([C@@H]2Cc3cnc(Nc4ccc(CCN5CCCCC5)cc4)nc3-c3ccccc32)c1. The number of nitrogens with one attached hydrogen (secondary N) is 1. The van der Waals surface area contributed by atoms with Crippen LogP contribution in [0, 0.1) is 0 Å². The number of benzene rings is 3. The van der Waals surface area contributed by atoms with Gasteiger partial charge in [0.1, 0.15) is 0 Å². The van der Waals surface area contributed by atoms with Crippen LogP contribution in [0.5, 0.6) is 0 Å². The number of hydrogen-bond acceptors (Lipinski definition) is 4. The summed E-state index contributed by atoms with van der Waals surface area (Å²) in [5.41, 5.74) is 8.46. The van der Waals surface area contributed by atoms with Crippen LogP contribution in [0.3, 0.4) is 0 Å². The maximum atomic E-state index is 4.98. The van der Waals surface area contributed by atoms with Gasteiger partial charge in [0, 0.05) is 34.4 Å². The van der Waals surface area contributed by atoms with E-state index in [-0.39, 0.29) is 0 Å². The minimum absolute atomic E-state index is 0.297. The topological polar surface area (TPSA) is 41.1 Å². The standard InChI is InChI=1S/C31H31BrN4/c32-25-8-6-7-23(19-25)29-20-24-21-33-31(35-30(24)28-10-3-2-9-27(28)29)34-26-13-11-22(12-14-26)15-18-36-16-4-1-5-17-36/h2-3,6-14,19,21,29H,1,4-5,15-18,20H2,(H,33,34,35)/t29-/m0/s1. The van der Waals surface area contributed by atoms with Crippen LogP contribution in [0.15, 0.2) is 83.5 Å². The van der Waals surface area contributed by atoms with E-state index in [1.54, 1.807) is 0 Å². The lowest BCUT2D eigenvalue weighted by Crippen LogP contribution is -2.31. The summed E-state index contributed by atoms with van der Waals surface area (Å²) < 4.78 is 1.11. The Labute approximate surface area is 221 Å². The Morgan fingerprint density at radius 3 is 2.58 bits per heavy atom. The number of rotatable bonds is 6. The Bertz CT molecular complexity index is 1350. The van der Waals surface area contributed by atoms with Crippen molar-refractivity contribution in [3.05, 3.63) is 106 Å². The molecule has 0 amide bonds. The molecule has 5 heteroatoms. The molecule has 0 saturated carbocycles. The van der Waals surface area contributed by atoms with Crippen molar-refractivity contribution in [2.24, 2.45) is 0 Å². The van der Waals surface area contributed by atoms with Crippen LogP contribution in [0.4, 0.5) is 11.6 Å². The van der Waals surface area contributed by atoms with E-state index in [0.29, 0.717) is 11.9 Å². The second-order valence-corrected chi connectivity index (χ2v) is 10.9. The number of nitrogens with zero attached hydrogens (tertiary/aromatic N) is 3. The van der Waals surface area contributed by atoms with Gasteiger partial charge in [-0.05, 0) is 85.3 Å². The second kappa shape index (κ2) is 10.5. The summed E-state index contributed by atoms with van der Waals surface area (Å²) in [5.74, 6) is 0.941. The van der Waals surface area contributed by atoms with Gasteiger partial charge in [-0.2, -0.15) is 0 Å². The van der Waals surface area contributed by atoms with Crippen molar-refractivity contribution >= 4 is 27.6 Å². The molecule has 1 aliphatic heterocycles. The van der Waals surface area contributed by atoms with Gasteiger partial charge >= 0.3 is 0 Å². The third-order valence-electron chi connectivity index (χ3n) is 7.51. The summed E-state index contributed by atoms with van der Waals surface area (Å²) in [7, 11) is 0. The number of fused-ring (bicyclic) bond motifs is 3. The normalized spacial score (nSPS) is 17.3. The highest BCUT2D eigenvalue weighted by atomic mass is 79.9. The van der Waals surface area contributed by atoms with Crippen LogP contribution >= 0.6 is 15.9 Å². The molecule has 2 heterocycles. The van der Waals surface area contributed by atoms with E-state index in [4.69, 9.17) is 4.98 Å². The minimum Gasteiger partial charge on any atom is -0.324 e. The first-order valence-corrected chi connectivity index (χ1v) is 13.8. The largest absolute Gasteiger partial charge is 0.324 e.